The highest BCUT2D eigenvalue weighted by Gasteiger charge is 2.29. The van der Waals surface area contributed by atoms with Crippen LogP contribution < -0.4 is 20.7 Å². The maximum Gasteiger partial charge on any atom is 0.514 e. The Bertz CT molecular complexity index is 2300. The van der Waals surface area contributed by atoms with Crippen LogP contribution in [0.15, 0.2) is 42.5 Å². The van der Waals surface area contributed by atoms with E-state index < -0.39 is 46.7 Å². The van der Waals surface area contributed by atoms with Crippen molar-refractivity contribution in [2.45, 2.75) is 65.8 Å². The molecule has 0 aliphatic heterocycles. The van der Waals surface area contributed by atoms with Crippen molar-refractivity contribution >= 4 is 35.4 Å². The summed E-state index contributed by atoms with van der Waals surface area (Å²) >= 11 is 0. The van der Waals surface area contributed by atoms with Crippen LogP contribution >= 0.6 is 0 Å². The second kappa shape index (κ2) is 56.5. The zero-order chi connectivity index (χ0) is 67.7. The molecule has 0 heterocycles. The third-order valence-corrected chi connectivity index (χ3v) is 11.8. The second-order valence-corrected chi connectivity index (χ2v) is 20.9. The first-order valence-electron chi connectivity index (χ1n) is 31.1. The van der Waals surface area contributed by atoms with Gasteiger partial charge >= 0.3 is 12.2 Å². The minimum atomic E-state index is -1.07. The highest BCUT2D eigenvalue weighted by atomic mass is 16.7. The van der Waals surface area contributed by atoms with Gasteiger partial charge in [0.1, 0.15) is 36.6 Å². The van der Waals surface area contributed by atoms with Crippen molar-refractivity contribution in [2.24, 2.45) is 5.92 Å². The van der Waals surface area contributed by atoms with E-state index in [-0.39, 0.29) is 43.8 Å². The van der Waals surface area contributed by atoms with Gasteiger partial charge < -0.3 is 111 Å². The Balaban J connectivity index is 1.45. The molecule has 0 fully saturated rings. The van der Waals surface area contributed by atoms with Gasteiger partial charge in [-0.3, -0.25) is 19.7 Å². The molecule has 93 heavy (non-hydrogen) atoms. The van der Waals surface area contributed by atoms with E-state index >= 15 is 0 Å². The van der Waals surface area contributed by atoms with Crippen LogP contribution in [0.3, 0.4) is 0 Å². The van der Waals surface area contributed by atoms with Crippen LogP contribution in [0.1, 0.15) is 52.7 Å². The molecule has 2 rings (SSSR count). The first kappa shape index (κ1) is 83.3. The van der Waals surface area contributed by atoms with Crippen molar-refractivity contribution in [3.63, 3.8) is 0 Å². The summed E-state index contributed by atoms with van der Waals surface area (Å²) in [4.78, 5) is 61.8. The number of nitro groups is 1. The van der Waals surface area contributed by atoms with E-state index in [9.17, 15) is 29.3 Å². The Morgan fingerprint density at radius 1 is 0.495 bits per heavy atom. The third-order valence-electron chi connectivity index (χ3n) is 11.8. The summed E-state index contributed by atoms with van der Waals surface area (Å²) in [5, 5.41) is 18.9. The Morgan fingerprint density at radius 3 is 1.20 bits per heavy atom. The standard InChI is InChI=1S/C63H102N4O26/c1-51(2)58(66-61(70)93-63(4,5)6)60(69)64-52(3)59(68)65-55-11-10-54(50-91-62(71)92-57-14-12-56(13-15-57)67(72)73)53(49-55)9-8-16-75-19-20-77-23-24-79-27-28-81-31-32-83-35-36-85-39-40-87-43-44-89-47-48-90-46-45-88-42-41-86-38-37-84-34-33-82-30-29-80-26-25-78-22-21-76-18-17-74-7/h10-15,49,51-52,58H,16-48,50H2,1-7H3,(H,64,69)(H,65,68)(H,66,70)/t52-,58-/m0/s1. The number of anilines is 1. The number of benzene rings is 2. The van der Waals surface area contributed by atoms with Gasteiger partial charge in [0.25, 0.3) is 5.69 Å². The number of hydrogen-bond acceptors (Lipinski definition) is 26. The maximum atomic E-state index is 13.3. The lowest BCUT2D eigenvalue weighted by atomic mass is 10.0. The number of ether oxygens (including phenoxy) is 20. The van der Waals surface area contributed by atoms with Crippen LogP contribution in [0.2, 0.25) is 0 Å². The van der Waals surface area contributed by atoms with Crippen LogP contribution in [0.25, 0.3) is 0 Å². The molecule has 0 radical (unpaired) electrons. The number of rotatable bonds is 59. The van der Waals surface area contributed by atoms with Crippen LogP contribution in [0, 0.1) is 27.9 Å². The number of nitrogens with zero attached hydrogens (tertiary/aromatic N) is 1. The average Bonchev–Trinajstić information content (AvgIpc) is 1.06. The lowest BCUT2D eigenvalue weighted by molar-refractivity contribution is -0.384. The first-order chi connectivity index (χ1) is 45.1. The SMILES string of the molecule is COCCOCCOCCOCCOCCOCCOCCOCCOCCOCCOCCOCCOCCOCCOCCOCCOCC#Cc1cc(NC(=O)[C@H](C)NC(=O)[C@@H](NC(=O)OC(C)(C)C)C(C)C)ccc1COC(=O)Oc1ccc([N+](=O)[O-])cc1. The van der Waals surface area contributed by atoms with Gasteiger partial charge in [0.15, 0.2) is 0 Å². The van der Waals surface area contributed by atoms with Crippen LogP contribution in [0.5, 0.6) is 5.75 Å². The molecule has 2 aromatic rings. The monoisotopic (exact) mass is 1330 g/mol. The fourth-order valence-corrected chi connectivity index (χ4v) is 7.08. The summed E-state index contributed by atoms with van der Waals surface area (Å²) in [6.07, 6.45) is -1.84. The third kappa shape index (κ3) is 48.5. The van der Waals surface area contributed by atoms with Crippen molar-refractivity contribution in [3.05, 3.63) is 63.7 Å². The van der Waals surface area contributed by atoms with Gasteiger partial charge in [0.05, 0.1) is 216 Å². The number of alkyl carbamates (subject to hydrolysis) is 1. The molecular weight excluding hydrogens is 1230 g/mol. The highest BCUT2D eigenvalue weighted by Crippen LogP contribution is 2.20. The predicted octanol–water partition coefficient (Wildman–Crippen LogP) is 4.57. The van der Waals surface area contributed by atoms with E-state index in [0.717, 1.165) is 0 Å². The molecule has 0 aliphatic carbocycles. The molecule has 530 valence electrons. The van der Waals surface area contributed by atoms with Crippen LogP contribution in [-0.2, 0) is 106 Å². The van der Waals surface area contributed by atoms with Gasteiger partial charge in [-0.1, -0.05) is 31.8 Å². The molecule has 2 aromatic carbocycles. The minimum Gasteiger partial charge on any atom is -0.444 e. The zero-order valence-corrected chi connectivity index (χ0v) is 55.4. The number of hydrogen-bond donors (Lipinski definition) is 3. The summed E-state index contributed by atoms with van der Waals surface area (Å²) in [6, 6.07) is 7.57. The number of amides is 3. The summed E-state index contributed by atoms with van der Waals surface area (Å²) in [5.41, 5.74) is 0.166. The lowest BCUT2D eigenvalue weighted by Gasteiger charge is -2.26. The Hall–Kier alpha value is -5.80. The quantitative estimate of drug-likeness (QED) is 0.0204. The lowest BCUT2D eigenvalue weighted by Crippen LogP contribution is -2.54. The average molecular weight is 1330 g/mol. The molecule has 0 spiro atoms. The molecule has 0 aliphatic rings. The molecular formula is C63H102N4O26. The van der Waals surface area contributed by atoms with Gasteiger partial charge in [-0.25, -0.2) is 9.59 Å². The van der Waals surface area contributed by atoms with Gasteiger partial charge in [0, 0.05) is 36.1 Å². The predicted molar refractivity (Wildman–Crippen MR) is 336 cm³/mol. The molecule has 0 saturated carbocycles. The topological polar surface area (TPSA) is 332 Å². The Labute approximate surface area is 546 Å². The summed E-state index contributed by atoms with van der Waals surface area (Å²) in [7, 11) is 1.64. The van der Waals surface area contributed by atoms with E-state index in [4.69, 9.17) is 94.7 Å². The van der Waals surface area contributed by atoms with Crippen LogP contribution in [0.4, 0.5) is 21.0 Å². The molecule has 0 saturated heterocycles. The fourth-order valence-electron chi connectivity index (χ4n) is 7.08. The minimum absolute atomic E-state index is 0.00896. The number of methoxy groups -OCH3 is 1. The van der Waals surface area contributed by atoms with Crippen molar-refractivity contribution in [1.82, 2.24) is 10.6 Å². The maximum absolute atomic E-state index is 13.3. The first-order valence-corrected chi connectivity index (χ1v) is 31.1. The van der Waals surface area contributed by atoms with E-state index in [2.05, 4.69) is 27.8 Å². The summed E-state index contributed by atoms with van der Waals surface area (Å²) < 4.78 is 109. The Kier molecular flexibility index (Phi) is 50.6. The van der Waals surface area contributed by atoms with Crippen molar-refractivity contribution < 1.29 is 119 Å². The molecule has 3 amide bonds. The fraction of sp³-hybridized carbons (Fsp3) is 0.714. The summed E-state index contributed by atoms with van der Waals surface area (Å²) in [5.74, 6) is 4.43. The van der Waals surface area contributed by atoms with Gasteiger partial charge in [0.2, 0.25) is 11.8 Å². The highest BCUT2D eigenvalue weighted by molar-refractivity contribution is 5.98. The Morgan fingerprint density at radius 2 is 0.860 bits per heavy atom. The summed E-state index contributed by atoms with van der Waals surface area (Å²) in [6.45, 7) is 24.2. The molecule has 0 aromatic heterocycles. The molecule has 30 nitrogen and oxygen atoms in total. The number of carbonyl (C=O) groups is 4. The van der Waals surface area contributed by atoms with Gasteiger partial charge in [-0.05, 0) is 57.9 Å². The number of carbonyl (C=O) groups excluding carboxylic acids is 4. The number of nitro benzene ring substituents is 1. The van der Waals surface area contributed by atoms with Crippen molar-refractivity contribution in [3.8, 4) is 17.6 Å². The molecule has 0 bridgehead atoms. The van der Waals surface area contributed by atoms with Gasteiger partial charge in [-0.2, -0.15) is 0 Å². The van der Waals surface area contributed by atoms with E-state index in [1.54, 1.807) is 59.9 Å². The molecule has 0 unspecified atom stereocenters. The van der Waals surface area contributed by atoms with Crippen LogP contribution in [-0.4, -0.2) is 272 Å². The van der Waals surface area contributed by atoms with E-state index in [1.807, 2.05) is 0 Å². The van der Waals surface area contributed by atoms with Crippen molar-refractivity contribution in [2.75, 3.05) is 230 Å². The molecule has 3 N–H and O–H groups in total. The smallest absolute Gasteiger partial charge is 0.444 e. The largest absolute Gasteiger partial charge is 0.514 e. The van der Waals surface area contributed by atoms with Crippen molar-refractivity contribution in [1.29, 1.82) is 0 Å². The normalized spacial score (nSPS) is 12.0. The number of nitrogens with one attached hydrogen (secondary N) is 3. The van der Waals surface area contributed by atoms with E-state index in [1.165, 1.54) is 31.2 Å². The van der Waals surface area contributed by atoms with Gasteiger partial charge in [-0.15, -0.1) is 0 Å². The number of non-ortho nitro benzene ring substituents is 1. The second-order valence-electron chi connectivity index (χ2n) is 20.9. The molecule has 2 atom stereocenters. The van der Waals surface area contributed by atoms with E-state index in [0.29, 0.717) is 215 Å². The zero-order valence-electron chi connectivity index (χ0n) is 55.4. The molecule has 30 heteroatoms.